The molecule has 1 saturated heterocycles. The second-order valence-corrected chi connectivity index (χ2v) is 7.78. The van der Waals surface area contributed by atoms with E-state index < -0.39 is 12.2 Å². The van der Waals surface area contributed by atoms with E-state index in [9.17, 15) is 9.59 Å². The first-order valence-corrected chi connectivity index (χ1v) is 8.94. The van der Waals surface area contributed by atoms with Gasteiger partial charge in [-0.25, -0.2) is 9.59 Å². The molecule has 2 atom stereocenters. The van der Waals surface area contributed by atoms with Gasteiger partial charge in [-0.1, -0.05) is 6.92 Å². The average Bonchev–Trinajstić information content (AvgIpc) is 2.99. The van der Waals surface area contributed by atoms with Gasteiger partial charge in [-0.3, -0.25) is 9.80 Å². The SMILES string of the molecule is CNC(=O)OC(=O)N(C)c1cc(Br)c2c(c1)[C@]1(C)CCN(C)C1N2C.O. The van der Waals surface area contributed by atoms with Crippen LogP contribution in [0.5, 0.6) is 0 Å². The van der Waals surface area contributed by atoms with Gasteiger partial charge >= 0.3 is 12.2 Å². The Hall–Kier alpha value is -1.84. The fourth-order valence-corrected chi connectivity index (χ4v) is 4.87. The smallest absolute Gasteiger partial charge is 0.412 e. The molecule has 0 spiro atoms. The molecule has 26 heavy (non-hydrogen) atoms. The molecule has 2 aliphatic rings. The zero-order valence-corrected chi connectivity index (χ0v) is 17.2. The van der Waals surface area contributed by atoms with Gasteiger partial charge < -0.3 is 20.4 Å². The maximum atomic E-state index is 12.2. The number of carbonyl (C=O) groups is 2. The van der Waals surface area contributed by atoms with Crippen molar-refractivity contribution in [1.29, 1.82) is 0 Å². The molecule has 1 aromatic rings. The molecule has 3 N–H and O–H groups in total. The number of hydrogen-bond donors (Lipinski definition) is 1. The van der Waals surface area contributed by atoms with Crippen LogP contribution in [0.1, 0.15) is 18.9 Å². The third-order valence-electron chi connectivity index (χ3n) is 5.40. The second-order valence-electron chi connectivity index (χ2n) is 6.92. The summed E-state index contributed by atoms with van der Waals surface area (Å²) in [5, 5.41) is 2.27. The number of ether oxygens (including phenoxy) is 1. The first-order chi connectivity index (χ1) is 11.7. The number of likely N-dealkylation sites (N-methyl/N-ethyl adjacent to an activating group) is 2. The molecule has 9 heteroatoms. The van der Waals surface area contributed by atoms with Crippen LogP contribution in [-0.4, -0.2) is 63.5 Å². The van der Waals surface area contributed by atoms with Gasteiger partial charge in [0.25, 0.3) is 0 Å². The molecule has 2 amide bonds. The predicted molar refractivity (Wildman–Crippen MR) is 104 cm³/mol. The summed E-state index contributed by atoms with van der Waals surface area (Å²) in [6.45, 7) is 3.30. The van der Waals surface area contributed by atoms with Crippen LogP contribution in [0.25, 0.3) is 0 Å². The minimum absolute atomic E-state index is 0. The number of rotatable bonds is 1. The van der Waals surface area contributed by atoms with Gasteiger partial charge in [0, 0.05) is 43.3 Å². The molecular weight excluding hydrogens is 404 g/mol. The molecule has 1 fully saturated rings. The number of halogens is 1. The third-order valence-corrected chi connectivity index (χ3v) is 6.00. The van der Waals surface area contributed by atoms with Gasteiger partial charge in [-0.15, -0.1) is 0 Å². The van der Waals surface area contributed by atoms with Crippen LogP contribution < -0.4 is 15.1 Å². The van der Waals surface area contributed by atoms with E-state index in [1.54, 1.807) is 7.05 Å². The molecule has 2 aliphatic heterocycles. The number of nitrogens with zero attached hydrogens (tertiary/aromatic N) is 3. The van der Waals surface area contributed by atoms with E-state index >= 15 is 0 Å². The van der Waals surface area contributed by atoms with Gasteiger partial charge in [0.1, 0.15) is 0 Å². The summed E-state index contributed by atoms with van der Waals surface area (Å²) in [7, 11) is 7.25. The minimum Gasteiger partial charge on any atom is -0.412 e. The van der Waals surface area contributed by atoms with Crippen LogP contribution >= 0.6 is 15.9 Å². The number of likely N-dealkylation sites (tertiary alicyclic amines) is 1. The van der Waals surface area contributed by atoms with Crippen molar-refractivity contribution in [2.75, 3.05) is 44.5 Å². The molecule has 2 heterocycles. The minimum atomic E-state index is -0.777. The van der Waals surface area contributed by atoms with Gasteiger partial charge in [-0.2, -0.15) is 0 Å². The molecule has 0 aromatic heterocycles. The lowest BCUT2D eigenvalue weighted by Gasteiger charge is -2.32. The number of alkyl carbamates (subject to hydrolysis) is 1. The van der Waals surface area contributed by atoms with Crippen LogP contribution in [0, 0.1) is 0 Å². The summed E-state index contributed by atoms with van der Waals surface area (Å²) in [6, 6.07) is 3.91. The standard InChI is InChI=1S/C17H23BrN4O3.H2O/c1-17-6-7-20(3)14(17)22(5)13-11(17)8-10(9-12(13)18)21(4)16(24)25-15(23)19-2;/h8-9,14H,6-7H2,1-5H3,(H,19,23);1H2/t14?,17-;/m0./s1. The van der Waals surface area contributed by atoms with Gasteiger partial charge in [0.2, 0.25) is 0 Å². The number of benzene rings is 1. The Morgan fingerprint density at radius 2 is 2.04 bits per heavy atom. The monoisotopic (exact) mass is 428 g/mol. The molecular formula is C17H25BrN4O4. The first-order valence-electron chi connectivity index (χ1n) is 8.15. The lowest BCUT2D eigenvalue weighted by molar-refractivity contribution is 0.157. The summed E-state index contributed by atoms with van der Waals surface area (Å²) in [6.07, 6.45) is -0.158. The summed E-state index contributed by atoms with van der Waals surface area (Å²) in [5.41, 5.74) is 3.02. The van der Waals surface area contributed by atoms with Crippen molar-refractivity contribution < 1.29 is 19.8 Å². The molecule has 144 valence electrons. The lowest BCUT2D eigenvalue weighted by Crippen LogP contribution is -2.45. The topological polar surface area (TPSA) is 96.6 Å². The summed E-state index contributed by atoms with van der Waals surface area (Å²) in [4.78, 5) is 29.4. The average molecular weight is 429 g/mol. The van der Waals surface area contributed by atoms with Gasteiger partial charge in [-0.05, 0) is 47.1 Å². The zero-order valence-electron chi connectivity index (χ0n) is 15.6. The fourth-order valence-electron chi connectivity index (χ4n) is 4.14. The van der Waals surface area contributed by atoms with E-state index in [0.29, 0.717) is 5.69 Å². The van der Waals surface area contributed by atoms with Gasteiger partial charge in [0.15, 0.2) is 0 Å². The molecule has 8 nitrogen and oxygen atoms in total. The Morgan fingerprint density at radius 1 is 1.38 bits per heavy atom. The molecule has 0 saturated carbocycles. The van der Waals surface area contributed by atoms with E-state index in [1.165, 1.54) is 17.5 Å². The Morgan fingerprint density at radius 3 is 2.65 bits per heavy atom. The fraction of sp³-hybridized carbons (Fsp3) is 0.529. The lowest BCUT2D eigenvalue weighted by atomic mass is 9.81. The summed E-state index contributed by atoms with van der Waals surface area (Å²) in [5.74, 6) is 0. The van der Waals surface area contributed by atoms with E-state index in [-0.39, 0.29) is 17.1 Å². The van der Waals surface area contributed by atoms with Crippen molar-refractivity contribution in [1.82, 2.24) is 10.2 Å². The third kappa shape index (κ3) is 2.93. The number of hydrogen-bond acceptors (Lipinski definition) is 5. The Labute approximate surface area is 161 Å². The van der Waals surface area contributed by atoms with Crippen molar-refractivity contribution in [3.8, 4) is 0 Å². The Bertz CT molecular complexity index is 744. The molecule has 1 aromatic carbocycles. The van der Waals surface area contributed by atoms with Crippen molar-refractivity contribution in [3.05, 3.63) is 22.2 Å². The summed E-state index contributed by atoms with van der Waals surface area (Å²) < 4.78 is 5.65. The predicted octanol–water partition coefficient (Wildman–Crippen LogP) is 1.91. The van der Waals surface area contributed by atoms with Crippen molar-refractivity contribution >= 4 is 39.5 Å². The quantitative estimate of drug-likeness (QED) is 0.688. The summed E-state index contributed by atoms with van der Waals surface area (Å²) >= 11 is 3.65. The Kier molecular flexibility index (Phi) is 5.55. The molecule has 0 bridgehead atoms. The van der Waals surface area contributed by atoms with Gasteiger partial charge in [0.05, 0.1) is 11.9 Å². The number of amides is 2. The van der Waals surface area contributed by atoms with Crippen LogP contribution in [0.3, 0.4) is 0 Å². The maximum absolute atomic E-state index is 12.2. The highest BCUT2D eigenvalue weighted by molar-refractivity contribution is 9.10. The van der Waals surface area contributed by atoms with Crippen LogP contribution in [0.2, 0.25) is 0 Å². The maximum Gasteiger partial charge on any atom is 0.423 e. The largest absolute Gasteiger partial charge is 0.423 e. The highest BCUT2D eigenvalue weighted by Crippen LogP contribution is 2.54. The molecule has 0 aliphatic carbocycles. The highest BCUT2D eigenvalue weighted by Gasteiger charge is 2.53. The van der Waals surface area contributed by atoms with Crippen LogP contribution in [0.15, 0.2) is 16.6 Å². The van der Waals surface area contributed by atoms with Crippen molar-refractivity contribution in [3.63, 3.8) is 0 Å². The second kappa shape index (κ2) is 7.05. The number of carbonyl (C=O) groups excluding carboxylic acids is 2. The van der Waals surface area contributed by atoms with E-state index in [1.807, 2.05) is 12.1 Å². The molecule has 1 unspecified atom stereocenters. The van der Waals surface area contributed by atoms with E-state index in [2.05, 4.69) is 52.1 Å². The normalized spacial score (nSPS) is 23.8. The highest BCUT2D eigenvalue weighted by atomic mass is 79.9. The Balaban J connectivity index is 0.00000243. The van der Waals surface area contributed by atoms with Crippen LogP contribution in [0.4, 0.5) is 21.0 Å². The zero-order chi connectivity index (χ0) is 18.5. The van der Waals surface area contributed by atoms with Crippen LogP contribution in [-0.2, 0) is 10.2 Å². The van der Waals surface area contributed by atoms with E-state index in [4.69, 9.17) is 4.74 Å². The van der Waals surface area contributed by atoms with Crippen molar-refractivity contribution in [2.45, 2.75) is 24.9 Å². The molecule has 0 radical (unpaired) electrons. The van der Waals surface area contributed by atoms with E-state index in [0.717, 1.165) is 23.1 Å². The first kappa shape index (κ1) is 20.5. The number of anilines is 2. The molecule has 3 rings (SSSR count). The number of fused-ring (bicyclic) bond motifs is 3. The van der Waals surface area contributed by atoms with Crippen molar-refractivity contribution in [2.24, 2.45) is 0 Å². The number of nitrogens with one attached hydrogen (secondary N) is 1.